The highest BCUT2D eigenvalue weighted by molar-refractivity contribution is 7.92. The fraction of sp³-hybridized carbons (Fsp3) is 0.565. The maximum atomic E-state index is 12.5. The first-order valence-electron chi connectivity index (χ1n) is 11.6. The molecule has 1 saturated heterocycles. The van der Waals surface area contributed by atoms with Gasteiger partial charge in [0.05, 0.1) is 24.2 Å². The number of piperidine rings is 1. The van der Waals surface area contributed by atoms with Crippen molar-refractivity contribution in [2.24, 2.45) is 0 Å². The van der Waals surface area contributed by atoms with Gasteiger partial charge in [0.1, 0.15) is 12.4 Å². The summed E-state index contributed by atoms with van der Waals surface area (Å²) in [5.41, 5.74) is 0.413. The number of hydrogen-bond acceptors (Lipinski definition) is 10. The van der Waals surface area contributed by atoms with E-state index in [2.05, 4.69) is 15.0 Å². The van der Waals surface area contributed by atoms with Crippen LogP contribution in [0.4, 0.5) is 4.79 Å². The first kappa shape index (κ1) is 25.0. The Morgan fingerprint density at radius 1 is 1.09 bits per heavy atom. The smallest absolute Gasteiger partial charge is 0.410 e. The standard InChI is InChI=1S/C23H30N4O7S/c1-14(2)32-23(28)27-11-9-16(10-12-27)33-21-20(31-4)22(25-13-24-21)34-18-7-8-19(26-15(18)3)35(29,30)17-5-6-17/h7-8,13-14,16-17H,5-6,9-12H2,1-4H3. The minimum atomic E-state index is -3.40. The van der Waals surface area contributed by atoms with E-state index in [9.17, 15) is 13.2 Å². The molecular weight excluding hydrogens is 476 g/mol. The largest absolute Gasteiger partial charge is 0.487 e. The zero-order chi connectivity index (χ0) is 25.2. The maximum absolute atomic E-state index is 12.5. The fourth-order valence-electron chi connectivity index (χ4n) is 3.71. The number of methoxy groups -OCH3 is 1. The van der Waals surface area contributed by atoms with E-state index < -0.39 is 9.84 Å². The Bertz CT molecular complexity index is 1180. The van der Waals surface area contributed by atoms with Gasteiger partial charge in [-0.05, 0) is 45.7 Å². The molecule has 12 heteroatoms. The van der Waals surface area contributed by atoms with Gasteiger partial charge in [-0.1, -0.05) is 0 Å². The van der Waals surface area contributed by atoms with E-state index in [-0.39, 0.29) is 46.1 Å². The molecule has 11 nitrogen and oxygen atoms in total. The number of carbonyl (C=O) groups excluding carboxylic acids is 1. The van der Waals surface area contributed by atoms with Crippen LogP contribution in [0.3, 0.4) is 0 Å². The average Bonchev–Trinajstić information content (AvgIpc) is 3.67. The number of amides is 1. The summed E-state index contributed by atoms with van der Waals surface area (Å²) in [6, 6.07) is 3.00. The summed E-state index contributed by atoms with van der Waals surface area (Å²) >= 11 is 0. The molecule has 0 radical (unpaired) electrons. The number of pyridine rings is 1. The summed E-state index contributed by atoms with van der Waals surface area (Å²) in [4.78, 5) is 26.4. The highest BCUT2D eigenvalue weighted by atomic mass is 32.2. The molecule has 0 unspecified atom stereocenters. The van der Waals surface area contributed by atoms with E-state index in [1.54, 1.807) is 17.9 Å². The van der Waals surface area contributed by atoms with Crippen LogP contribution in [-0.2, 0) is 14.6 Å². The molecule has 0 bridgehead atoms. The lowest BCUT2D eigenvalue weighted by Gasteiger charge is -2.31. The molecule has 0 spiro atoms. The molecule has 1 saturated carbocycles. The zero-order valence-electron chi connectivity index (χ0n) is 20.3. The Morgan fingerprint density at radius 3 is 2.37 bits per heavy atom. The van der Waals surface area contributed by atoms with Gasteiger partial charge in [0.2, 0.25) is 5.75 Å². The maximum Gasteiger partial charge on any atom is 0.410 e. The molecule has 4 rings (SSSR count). The van der Waals surface area contributed by atoms with Crippen LogP contribution in [0.15, 0.2) is 23.5 Å². The van der Waals surface area contributed by atoms with Crippen LogP contribution in [0, 0.1) is 6.92 Å². The highest BCUT2D eigenvalue weighted by Gasteiger charge is 2.38. The molecule has 2 aliphatic rings. The number of aromatic nitrogens is 3. The van der Waals surface area contributed by atoms with Crippen LogP contribution in [0.1, 0.15) is 45.2 Å². The SMILES string of the molecule is COc1c(Oc2ccc(S(=O)(=O)C3CC3)nc2C)ncnc1OC1CCN(C(=O)OC(C)C)CC1. The molecule has 0 N–H and O–H groups in total. The molecule has 190 valence electrons. The van der Waals surface area contributed by atoms with Crippen LogP contribution in [0.25, 0.3) is 0 Å². The van der Waals surface area contributed by atoms with Crippen LogP contribution in [0.5, 0.6) is 23.3 Å². The quantitative estimate of drug-likeness (QED) is 0.525. The van der Waals surface area contributed by atoms with Crippen LogP contribution < -0.4 is 14.2 Å². The van der Waals surface area contributed by atoms with Gasteiger partial charge in [0, 0.05) is 25.9 Å². The average molecular weight is 507 g/mol. The van der Waals surface area contributed by atoms with E-state index in [1.807, 2.05) is 13.8 Å². The van der Waals surface area contributed by atoms with E-state index in [0.29, 0.717) is 50.2 Å². The normalized spacial score (nSPS) is 16.8. The Labute approximate surface area is 204 Å². The summed E-state index contributed by atoms with van der Waals surface area (Å²) in [5.74, 6) is 0.903. The molecule has 2 aromatic heterocycles. The molecular formula is C23H30N4O7S. The number of sulfone groups is 1. The predicted molar refractivity (Wildman–Crippen MR) is 125 cm³/mol. The second kappa shape index (κ2) is 10.2. The van der Waals surface area contributed by atoms with E-state index >= 15 is 0 Å². The molecule has 0 aromatic carbocycles. The van der Waals surface area contributed by atoms with Crippen molar-refractivity contribution in [3.63, 3.8) is 0 Å². The predicted octanol–water partition coefficient (Wildman–Crippen LogP) is 3.31. The fourth-order valence-corrected chi connectivity index (χ4v) is 5.33. The topological polar surface area (TPSA) is 130 Å². The van der Waals surface area contributed by atoms with Crippen LogP contribution in [-0.4, -0.2) is 72.0 Å². The number of nitrogens with zero attached hydrogens (tertiary/aromatic N) is 4. The van der Waals surface area contributed by atoms with Gasteiger partial charge < -0.3 is 23.8 Å². The number of rotatable bonds is 8. The van der Waals surface area contributed by atoms with Crippen molar-refractivity contribution >= 4 is 15.9 Å². The van der Waals surface area contributed by atoms with Gasteiger partial charge >= 0.3 is 6.09 Å². The summed E-state index contributed by atoms with van der Waals surface area (Å²) in [6.45, 7) is 6.32. The minimum absolute atomic E-state index is 0.0483. The van der Waals surface area contributed by atoms with E-state index in [0.717, 1.165) is 0 Å². The first-order valence-corrected chi connectivity index (χ1v) is 13.1. The molecule has 1 amide bonds. The lowest BCUT2D eigenvalue weighted by molar-refractivity contribution is 0.0499. The van der Waals surface area contributed by atoms with Crippen molar-refractivity contribution in [1.82, 2.24) is 19.9 Å². The summed E-state index contributed by atoms with van der Waals surface area (Å²) < 4.78 is 47.6. The number of likely N-dealkylation sites (tertiary alicyclic amines) is 1. The molecule has 1 aliphatic carbocycles. The summed E-state index contributed by atoms with van der Waals surface area (Å²) in [5, 5.41) is -0.289. The van der Waals surface area contributed by atoms with Gasteiger partial charge in [-0.3, -0.25) is 0 Å². The number of hydrogen-bond donors (Lipinski definition) is 0. The highest BCUT2D eigenvalue weighted by Crippen LogP contribution is 2.38. The second-order valence-electron chi connectivity index (χ2n) is 8.83. The third kappa shape index (κ3) is 5.75. The monoisotopic (exact) mass is 506 g/mol. The third-order valence-electron chi connectivity index (χ3n) is 5.73. The van der Waals surface area contributed by atoms with Crippen molar-refractivity contribution in [2.45, 2.75) is 68.9 Å². The molecule has 35 heavy (non-hydrogen) atoms. The lowest BCUT2D eigenvalue weighted by Crippen LogP contribution is -2.42. The Hall–Kier alpha value is -3.15. The Morgan fingerprint density at radius 2 is 1.77 bits per heavy atom. The number of carbonyl (C=O) groups is 1. The third-order valence-corrected chi connectivity index (χ3v) is 7.89. The molecule has 1 aliphatic heterocycles. The molecule has 0 atom stereocenters. The lowest BCUT2D eigenvalue weighted by atomic mass is 10.1. The minimum Gasteiger partial charge on any atom is -0.487 e. The molecule has 3 heterocycles. The van der Waals surface area contributed by atoms with Crippen molar-refractivity contribution in [3.05, 3.63) is 24.2 Å². The molecule has 2 aromatic rings. The van der Waals surface area contributed by atoms with Crippen molar-refractivity contribution < 1.29 is 32.2 Å². The van der Waals surface area contributed by atoms with Gasteiger partial charge in [-0.25, -0.2) is 18.2 Å². The molecule has 2 fully saturated rings. The summed E-state index contributed by atoms with van der Waals surface area (Å²) in [7, 11) is -1.94. The van der Waals surface area contributed by atoms with E-state index in [4.69, 9.17) is 18.9 Å². The van der Waals surface area contributed by atoms with E-state index in [1.165, 1.54) is 19.5 Å². The van der Waals surface area contributed by atoms with Gasteiger partial charge in [-0.2, -0.15) is 9.97 Å². The van der Waals surface area contributed by atoms with Gasteiger partial charge in [0.25, 0.3) is 11.8 Å². The van der Waals surface area contributed by atoms with Crippen molar-refractivity contribution in [3.8, 4) is 23.3 Å². The zero-order valence-corrected chi connectivity index (χ0v) is 21.1. The Kier molecular flexibility index (Phi) is 7.29. The van der Waals surface area contributed by atoms with Crippen molar-refractivity contribution in [2.75, 3.05) is 20.2 Å². The first-order chi connectivity index (χ1) is 16.7. The van der Waals surface area contributed by atoms with Gasteiger partial charge in [0.15, 0.2) is 20.6 Å². The van der Waals surface area contributed by atoms with Gasteiger partial charge in [-0.15, -0.1) is 0 Å². The van der Waals surface area contributed by atoms with Crippen molar-refractivity contribution in [1.29, 1.82) is 0 Å². The number of aryl methyl sites for hydroxylation is 1. The Balaban J connectivity index is 1.44. The number of ether oxygens (including phenoxy) is 4. The second-order valence-corrected chi connectivity index (χ2v) is 11.0. The van der Waals surface area contributed by atoms with Crippen LogP contribution in [0.2, 0.25) is 0 Å². The summed E-state index contributed by atoms with van der Waals surface area (Å²) in [6.07, 6.45) is 3.19. The van der Waals surface area contributed by atoms with Crippen LogP contribution >= 0.6 is 0 Å².